The third-order valence-electron chi connectivity index (χ3n) is 6.56. The lowest BCUT2D eigenvalue weighted by Crippen LogP contribution is -2.13. The summed E-state index contributed by atoms with van der Waals surface area (Å²) < 4.78 is 2.30. The molecule has 0 amide bonds. The largest absolute Gasteiger partial charge is 0.478 e. The molecule has 5 rings (SSSR count). The molecule has 0 saturated carbocycles. The number of carbonyl (C=O) groups is 4. The molecule has 2 aromatic carbocycles. The standard InChI is InChI=1S/C28H24N8O8/c1-28(2,3)21-20(23-30-18(33-36(23)34-21)11-13-7-9-14(10-8-13)24(37)38)31-32-22-16(26(41)42)12-29-35(22)17-6-4-5-15(25(39)40)19(17)27(43)44/h4-10,12,34H,11H2,1-3H3,(H,37,38)(H,39,40)(H,41,42)(H,43,44). The maximum absolute atomic E-state index is 12.1. The quantitative estimate of drug-likeness (QED) is 0.149. The van der Waals surface area contributed by atoms with Gasteiger partial charge in [0, 0.05) is 11.8 Å². The number of azo groups is 1. The highest BCUT2D eigenvalue weighted by molar-refractivity contribution is 6.04. The van der Waals surface area contributed by atoms with Crippen molar-refractivity contribution in [2.45, 2.75) is 32.6 Å². The number of carboxylic acids is 4. The maximum atomic E-state index is 12.1. The Morgan fingerprint density at radius 1 is 0.864 bits per heavy atom. The fourth-order valence-electron chi connectivity index (χ4n) is 4.48. The van der Waals surface area contributed by atoms with Crippen LogP contribution in [-0.2, 0) is 11.8 Å². The third kappa shape index (κ3) is 5.38. The number of aromatic nitrogens is 6. The molecule has 0 aliphatic carbocycles. The van der Waals surface area contributed by atoms with Crippen LogP contribution in [0, 0.1) is 0 Å². The molecule has 0 aliphatic rings. The maximum Gasteiger partial charge on any atom is 0.341 e. The summed E-state index contributed by atoms with van der Waals surface area (Å²) in [7, 11) is 0. The summed E-state index contributed by atoms with van der Waals surface area (Å²) in [5.74, 6) is -5.52. The first-order valence-corrected chi connectivity index (χ1v) is 12.9. The summed E-state index contributed by atoms with van der Waals surface area (Å²) in [6.07, 6.45) is 1.22. The van der Waals surface area contributed by atoms with Crippen molar-refractivity contribution in [2.75, 3.05) is 0 Å². The number of benzene rings is 2. The Hall–Kier alpha value is -6.19. The molecule has 0 radical (unpaired) electrons. The van der Waals surface area contributed by atoms with Crippen molar-refractivity contribution in [2.24, 2.45) is 10.2 Å². The third-order valence-corrected chi connectivity index (χ3v) is 6.56. The van der Waals surface area contributed by atoms with Gasteiger partial charge < -0.3 is 20.4 Å². The number of aromatic carboxylic acids is 4. The normalized spacial score (nSPS) is 11.8. The van der Waals surface area contributed by atoms with E-state index in [1.165, 1.54) is 28.9 Å². The smallest absolute Gasteiger partial charge is 0.341 e. The van der Waals surface area contributed by atoms with Crippen LogP contribution < -0.4 is 0 Å². The molecular weight excluding hydrogens is 576 g/mol. The molecule has 3 heterocycles. The van der Waals surface area contributed by atoms with Gasteiger partial charge in [-0.2, -0.15) is 9.73 Å². The molecule has 5 aromatic rings. The Morgan fingerprint density at radius 2 is 1.55 bits per heavy atom. The van der Waals surface area contributed by atoms with Gasteiger partial charge in [-0.3, -0.25) is 5.10 Å². The van der Waals surface area contributed by atoms with Gasteiger partial charge >= 0.3 is 23.9 Å². The zero-order valence-electron chi connectivity index (χ0n) is 23.4. The van der Waals surface area contributed by atoms with Crippen LogP contribution in [0.15, 0.2) is 58.9 Å². The number of nitrogens with one attached hydrogen (secondary N) is 1. The van der Waals surface area contributed by atoms with E-state index in [2.05, 4.69) is 30.5 Å². The van der Waals surface area contributed by atoms with Gasteiger partial charge in [0.15, 0.2) is 17.3 Å². The topological polar surface area (TPSA) is 238 Å². The Balaban J connectivity index is 1.62. The van der Waals surface area contributed by atoms with Gasteiger partial charge in [-0.1, -0.05) is 39.0 Å². The highest BCUT2D eigenvalue weighted by Gasteiger charge is 2.28. The summed E-state index contributed by atoms with van der Waals surface area (Å²) in [5, 5.41) is 58.4. The summed E-state index contributed by atoms with van der Waals surface area (Å²) in [4.78, 5) is 51.6. The lowest BCUT2D eigenvalue weighted by molar-refractivity contribution is 0.0651. The first kappa shape index (κ1) is 29.3. The Morgan fingerprint density at radius 3 is 2.14 bits per heavy atom. The number of fused-ring (bicyclic) bond motifs is 1. The molecule has 16 nitrogen and oxygen atoms in total. The molecule has 0 bridgehead atoms. The van der Waals surface area contributed by atoms with Crippen molar-refractivity contribution in [1.29, 1.82) is 0 Å². The number of H-pyrrole nitrogens is 1. The van der Waals surface area contributed by atoms with Crippen LogP contribution in [0.4, 0.5) is 11.5 Å². The zero-order chi connectivity index (χ0) is 31.9. The fourth-order valence-corrected chi connectivity index (χ4v) is 4.48. The molecule has 0 fully saturated rings. The Bertz CT molecular complexity index is 1990. The van der Waals surface area contributed by atoms with Gasteiger partial charge in [0.1, 0.15) is 5.56 Å². The van der Waals surface area contributed by atoms with E-state index in [1.54, 1.807) is 12.1 Å². The predicted molar refractivity (Wildman–Crippen MR) is 151 cm³/mol. The summed E-state index contributed by atoms with van der Waals surface area (Å²) in [5.41, 5.74) is -0.388. The van der Waals surface area contributed by atoms with E-state index in [4.69, 9.17) is 5.11 Å². The minimum atomic E-state index is -1.57. The monoisotopic (exact) mass is 600 g/mol. The van der Waals surface area contributed by atoms with Gasteiger partial charge in [0.2, 0.25) is 5.65 Å². The molecule has 44 heavy (non-hydrogen) atoms. The Kier molecular flexibility index (Phi) is 7.26. The second kappa shape index (κ2) is 10.9. The van der Waals surface area contributed by atoms with Crippen LogP contribution in [0.3, 0.4) is 0 Å². The van der Waals surface area contributed by atoms with Crippen molar-refractivity contribution < 1.29 is 39.6 Å². The molecule has 0 saturated heterocycles. The first-order chi connectivity index (χ1) is 20.8. The van der Waals surface area contributed by atoms with Gasteiger partial charge in [-0.05, 0) is 29.8 Å². The average Bonchev–Trinajstić information content (AvgIpc) is 3.64. The predicted octanol–water partition coefficient (Wildman–Crippen LogP) is 4.34. The lowest BCUT2D eigenvalue weighted by Gasteiger charge is -2.16. The van der Waals surface area contributed by atoms with Crippen LogP contribution in [0.2, 0.25) is 0 Å². The van der Waals surface area contributed by atoms with Gasteiger partial charge in [0.25, 0.3) is 0 Å². The van der Waals surface area contributed by atoms with Crippen LogP contribution in [0.5, 0.6) is 0 Å². The molecule has 3 aromatic heterocycles. The molecule has 0 aliphatic heterocycles. The van der Waals surface area contributed by atoms with E-state index >= 15 is 0 Å². The van der Waals surface area contributed by atoms with E-state index in [0.29, 0.717) is 11.5 Å². The molecular formula is C28H24N8O8. The van der Waals surface area contributed by atoms with Crippen molar-refractivity contribution >= 4 is 41.0 Å². The van der Waals surface area contributed by atoms with Gasteiger partial charge in [0.05, 0.1) is 34.3 Å². The highest BCUT2D eigenvalue weighted by atomic mass is 16.4. The first-order valence-electron chi connectivity index (χ1n) is 12.9. The second-order valence-electron chi connectivity index (χ2n) is 10.6. The van der Waals surface area contributed by atoms with Crippen molar-refractivity contribution in [3.8, 4) is 5.69 Å². The average molecular weight is 601 g/mol. The molecule has 0 atom stereocenters. The van der Waals surface area contributed by atoms with Gasteiger partial charge in [-0.25, -0.2) is 28.8 Å². The van der Waals surface area contributed by atoms with Crippen LogP contribution in [-0.4, -0.2) is 73.9 Å². The highest BCUT2D eigenvalue weighted by Crippen LogP contribution is 2.36. The fraction of sp³-hybridized carbons (Fsp3) is 0.179. The zero-order valence-corrected chi connectivity index (χ0v) is 23.4. The number of hydrogen-bond acceptors (Lipinski definition) is 9. The van der Waals surface area contributed by atoms with E-state index in [0.717, 1.165) is 22.5 Å². The van der Waals surface area contributed by atoms with Crippen LogP contribution in [0.1, 0.15) is 79.3 Å². The molecule has 16 heteroatoms. The minimum Gasteiger partial charge on any atom is -0.478 e. The SMILES string of the molecule is CC(C)(C)c1[nH]n2nc(Cc3ccc(C(=O)O)cc3)nc2c1N=Nc1c(C(=O)O)cnn1-c1cccc(C(=O)O)c1C(=O)O. The molecule has 5 N–H and O–H groups in total. The van der Waals surface area contributed by atoms with E-state index in [1.807, 2.05) is 20.8 Å². The summed E-state index contributed by atoms with van der Waals surface area (Å²) in [6.45, 7) is 5.68. The van der Waals surface area contributed by atoms with E-state index < -0.39 is 46.0 Å². The van der Waals surface area contributed by atoms with E-state index in [9.17, 15) is 34.5 Å². The van der Waals surface area contributed by atoms with Crippen molar-refractivity contribution in [3.05, 3.63) is 88.0 Å². The van der Waals surface area contributed by atoms with Crippen molar-refractivity contribution in [3.63, 3.8) is 0 Å². The number of hydrogen-bond donors (Lipinski definition) is 5. The summed E-state index contributed by atoms with van der Waals surface area (Å²) in [6, 6.07) is 9.93. The van der Waals surface area contributed by atoms with E-state index in [-0.39, 0.29) is 34.8 Å². The second-order valence-corrected chi connectivity index (χ2v) is 10.6. The van der Waals surface area contributed by atoms with Crippen LogP contribution in [0.25, 0.3) is 11.3 Å². The number of carboxylic acid groups (broad SMARTS) is 4. The van der Waals surface area contributed by atoms with Crippen molar-refractivity contribution in [1.82, 2.24) is 29.6 Å². The summed E-state index contributed by atoms with van der Waals surface area (Å²) >= 11 is 0. The molecule has 224 valence electrons. The van der Waals surface area contributed by atoms with Crippen LogP contribution >= 0.6 is 0 Å². The minimum absolute atomic E-state index is 0.140. The molecule has 0 spiro atoms. The lowest BCUT2D eigenvalue weighted by atomic mass is 9.91. The number of rotatable bonds is 9. The number of nitrogens with zero attached hydrogens (tertiary/aromatic N) is 7. The number of aromatic amines is 1. The Labute approximate surface area is 246 Å². The molecule has 0 unspecified atom stereocenters. The van der Waals surface area contributed by atoms with Gasteiger partial charge in [-0.15, -0.1) is 15.3 Å².